The number of allylic oxidation sites excluding steroid dienone is 3. The van der Waals surface area contributed by atoms with E-state index in [9.17, 15) is 9.59 Å². The van der Waals surface area contributed by atoms with Crippen molar-refractivity contribution >= 4 is 11.8 Å². The summed E-state index contributed by atoms with van der Waals surface area (Å²) in [7, 11) is 1.44. The third-order valence-corrected chi connectivity index (χ3v) is 6.97. The van der Waals surface area contributed by atoms with E-state index in [4.69, 9.17) is 14.2 Å². The standard InChI is InChI=1S/C27H38O5/c1-3-4-5-11-22(28)14-15-23-24-18-20(10-6-7-12-26(29)30-2)17-21(24)19-25(23)32-27-13-8-9-16-31-27/h10,14-15,21,23-25,27H,5-9,11-13,16-19H2,1-2H3/b15-14+,20-10+/t21?,23-,24+,25-,27?/m1/s1. The van der Waals surface area contributed by atoms with Gasteiger partial charge in [0.15, 0.2) is 12.1 Å². The lowest BCUT2D eigenvalue weighted by molar-refractivity contribution is -0.193. The maximum atomic E-state index is 12.3. The van der Waals surface area contributed by atoms with Crippen LogP contribution in [0.15, 0.2) is 23.8 Å². The Kier molecular flexibility index (Phi) is 10.0. The zero-order valence-electron chi connectivity index (χ0n) is 19.6. The number of ketones is 1. The van der Waals surface area contributed by atoms with E-state index in [1.807, 2.05) is 0 Å². The molecule has 1 aliphatic heterocycles. The summed E-state index contributed by atoms with van der Waals surface area (Å²) in [4.78, 5) is 23.6. The topological polar surface area (TPSA) is 61.8 Å². The summed E-state index contributed by atoms with van der Waals surface area (Å²) in [5, 5.41) is 0. The van der Waals surface area contributed by atoms with Gasteiger partial charge in [-0.1, -0.05) is 17.7 Å². The lowest BCUT2D eigenvalue weighted by Gasteiger charge is -2.29. The summed E-state index contributed by atoms with van der Waals surface area (Å²) in [6.07, 6.45) is 15.9. The fraction of sp³-hybridized carbons (Fsp3) is 0.704. The van der Waals surface area contributed by atoms with Gasteiger partial charge in [-0.15, -0.1) is 11.8 Å². The quantitative estimate of drug-likeness (QED) is 0.154. The van der Waals surface area contributed by atoms with E-state index in [1.54, 1.807) is 13.0 Å². The van der Waals surface area contributed by atoms with Crippen LogP contribution in [0, 0.1) is 29.6 Å². The Balaban J connectivity index is 1.60. The fourth-order valence-corrected chi connectivity index (χ4v) is 5.34. The summed E-state index contributed by atoms with van der Waals surface area (Å²) < 4.78 is 17.0. The van der Waals surface area contributed by atoms with Gasteiger partial charge >= 0.3 is 5.97 Å². The maximum absolute atomic E-state index is 12.3. The van der Waals surface area contributed by atoms with Gasteiger partial charge in [-0.25, -0.2) is 0 Å². The molecule has 5 nitrogen and oxygen atoms in total. The first-order valence-corrected chi connectivity index (χ1v) is 12.2. The zero-order chi connectivity index (χ0) is 22.8. The van der Waals surface area contributed by atoms with Crippen LogP contribution >= 0.6 is 0 Å². The second-order valence-corrected chi connectivity index (χ2v) is 9.20. The third-order valence-electron chi connectivity index (χ3n) is 6.97. The zero-order valence-corrected chi connectivity index (χ0v) is 19.6. The summed E-state index contributed by atoms with van der Waals surface area (Å²) in [5.74, 6) is 7.15. The minimum absolute atomic E-state index is 0.104. The van der Waals surface area contributed by atoms with Crippen LogP contribution in [0.1, 0.15) is 77.6 Å². The van der Waals surface area contributed by atoms with Crippen molar-refractivity contribution in [3.8, 4) is 11.8 Å². The largest absolute Gasteiger partial charge is 0.469 e. The normalized spacial score (nSPS) is 30.8. The van der Waals surface area contributed by atoms with Crippen molar-refractivity contribution in [2.45, 2.75) is 89.9 Å². The Labute approximate surface area is 192 Å². The molecule has 0 radical (unpaired) electrons. The van der Waals surface area contributed by atoms with E-state index in [1.165, 1.54) is 12.7 Å². The monoisotopic (exact) mass is 442 g/mol. The molecule has 176 valence electrons. The van der Waals surface area contributed by atoms with Gasteiger partial charge in [-0.3, -0.25) is 9.59 Å². The van der Waals surface area contributed by atoms with E-state index < -0.39 is 0 Å². The molecule has 0 amide bonds. The Morgan fingerprint density at radius 3 is 2.84 bits per heavy atom. The third kappa shape index (κ3) is 7.32. The van der Waals surface area contributed by atoms with Gasteiger partial charge in [0, 0.05) is 31.8 Å². The first-order chi connectivity index (χ1) is 15.6. The highest BCUT2D eigenvalue weighted by molar-refractivity contribution is 5.89. The summed E-state index contributed by atoms with van der Waals surface area (Å²) >= 11 is 0. The molecule has 0 aromatic carbocycles. The number of hydrogen-bond acceptors (Lipinski definition) is 5. The second-order valence-electron chi connectivity index (χ2n) is 9.20. The molecule has 2 aliphatic carbocycles. The number of methoxy groups -OCH3 is 1. The average Bonchev–Trinajstić information content (AvgIpc) is 3.33. The number of esters is 1. The molecule has 1 saturated heterocycles. The number of unbranched alkanes of at least 4 members (excludes halogenated alkanes) is 1. The first-order valence-electron chi connectivity index (χ1n) is 12.2. The maximum Gasteiger partial charge on any atom is 0.305 e. The first kappa shape index (κ1) is 24.7. The average molecular weight is 443 g/mol. The van der Waals surface area contributed by atoms with Crippen LogP contribution in [0.3, 0.4) is 0 Å². The van der Waals surface area contributed by atoms with E-state index >= 15 is 0 Å². The van der Waals surface area contributed by atoms with Gasteiger partial charge < -0.3 is 14.2 Å². The van der Waals surface area contributed by atoms with Crippen LogP contribution in [0.4, 0.5) is 0 Å². The molecule has 3 aliphatic rings. The number of rotatable bonds is 10. The molecular weight excluding hydrogens is 404 g/mol. The SMILES string of the molecule is CC#CCCC(=O)/C=C/[C@H]1[C@H](OC2CCCCO2)CC2C/C(=C\CCCC(=O)OC)C[C@@H]21. The number of fused-ring (bicyclic) bond motifs is 1. The van der Waals surface area contributed by atoms with Crippen molar-refractivity contribution in [1.82, 2.24) is 0 Å². The smallest absolute Gasteiger partial charge is 0.305 e. The van der Waals surface area contributed by atoms with Crippen molar-refractivity contribution in [2.24, 2.45) is 17.8 Å². The Morgan fingerprint density at radius 1 is 1.22 bits per heavy atom. The molecule has 0 N–H and O–H groups in total. The number of ether oxygens (including phenoxy) is 3. The van der Waals surface area contributed by atoms with Gasteiger partial charge in [0.05, 0.1) is 13.2 Å². The minimum Gasteiger partial charge on any atom is -0.469 e. The summed E-state index contributed by atoms with van der Waals surface area (Å²) in [6.45, 7) is 2.58. The molecule has 0 aromatic heterocycles. The fourth-order valence-electron chi connectivity index (χ4n) is 5.34. The molecule has 5 atom stereocenters. The van der Waals surface area contributed by atoms with Gasteiger partial charge in [0.1, 0.15) is 0 Å². The molecule has 1 heterocycles. The molecule has 2 saturated carbocycles. The molecule has 2 unspecified atom stereocenters. The number of carbonyl (C=O) groups excluding carboxylic acids is 2. The highest BCUT2D eigenvalue weighted by atomic mass is 16.7. The molecule has 0 aromatic rings. The van der Waals surface area contributed by atoms with E-state index in [0.717, 1.165) is 58.0 Å². The Bertz CT molecular complexity index is 750. The van der Waals surface area contributed by atoms with Crippen LogP contribution in [-0.4, -0.2) is 37.9 Å². The van der Waals surface area contributed by atoms with Crippen molar-refractivity contribution < 1.29 is 23.8 Å². The van der Waals surface area contributed by atoms with E-state index in [2.05, 4.69) is 24.0 Å². The predicted octanol–water partition coefficient (Wildman–Crippen LogP) is 5.14. The lowest BCUT2D eigenvalue weighted by Crippen LogP contribution is -2.30. The second kappa shape index (κ2) is 13.0. The van der Waals surface area contributed by atoms with Crippen LogP contribution in [-0.2, 0) is 23.8 Å². The molecular formula is C27H38O5. The van der Waals surface area contributed by atoms with Crippen molar-refractivity contribution in [3.05, 3.63) is 23.8 Å². The van der Waals surface area contributed by atoms with Crippen LogP contribution in [0.25, 0.3) is 0 Å². The molecule has 32 heavy (non-hydrogen) atoms. The molecule has 0 bridgehead atoms. The van der Waals surface area contributed by atoms with E-state index in [0.29, 0.717) is 31.1 Å². The highest BCUT2D eigenvalue weighted by Crippen LogP contribution is 2.52. The summed E-state index contributed by atoms with van der Waals surface area (Å²) in [6, 6.07) is 0. The lowest BCUT2D eigenvalue weighted by atomic mass is 9.90. The van der Waals surface area contributed by atoms with Crippen molar-refractivity contribution in [3.63, 3.8) is 0 Å². The Hall–Kier alpha value is -1.90. The minimum atomic E-state index is -0.142. The molecule has 0 spiro atoms. The Morgan fingerprint density at radius 2 is 2.09 bits per heavy atom. The molecule has 3 rings (SSSR count). The van der Waals surface area contributed by atoms with Gasteiger partial charge in [0.2, 0.25) is 0 Å². The number of hydrogen-bond donors (Lipinski definition) is 0. The van der Waals surface area contributed by atoms with Crippen LogP contribution in [0.2, 0.25) is 0 Å². The van der Waals surface area contributed by atoms with Crippen LogP contribution < -0.4 is 0 Å². The highest BCUT2D eigenvalue weighted by Gasteiger charge is 2.47. The molecule has 3 fully saturated rings. The van der Waals surface area contributed by atoms with E-state index in [-0.39, 0.29) is 30.1 Å². The molecule has 5 heteroatoms. The predicted molar refractivity (Wildman–Crippen MR) is 124 cm³/mol. The van der Waals surface area contributed by atoms with Crippen molar-refractivity contribution in [1.29, 1.82) is 0 Å². The van der Waals surface area contributed by atoms with Gasteiger partial charge in [-0.05, 0) is 76.2 Å². The van der Waals surface area contributed by atoms with Crippen molar-refractivity contribution in [2.75, 3.05) is 13.7 Å². The van der Waals surface area contributed by atoms with Gasteiger partial charge in [-0.2, -0.15) is 0 Å². The van der Waals surface area contributed by atoms with Crippen LogP contribution in [0.5, 0.6) is 0 Å². The van der Waals surface area contributed by atoms with Gasteiger partial charge in [0.25, 0.3) is 0 Å². The number of carbonyl (C=O) groups is 2. The summed E-state index contributed by atoms with van der Waals surface area (Å²) in [5.41, 5.74) is 1.49.